The number of rotatable bonds is 2. The van der Waals surface area contributed by atoms with E-state index in [9.17, 15) is 9.90 Å². The number of hydrogen-bond donors (Lipinski definition) is 1. The van der Waals surface area contributed by atoms with Crippen LogP contribution in [-0.2, 0) is 9.53 Å². The predicted octanol–water partition coefficient (Wildman–Crippen LogP) is 7.38. The predicted molar refractivity (Wildman–Crippen MR) is 137 cm³/mol. The van der Waals surface area contributed by atoms with Crippen molar-refractivity contribution in [3.63, 3.8) is 0 Å². The monoisotopic (exact) mass is 468 g/mol. The number of aliphatic hydroxyl groups is 1. The zero-order valence-corrected chi connectivity index (χ0v) is 23.0. The SMILES string of the molecule is CC1=C(C)C(=O)OC([C@@H](C)[C@H]2CC[C@@]3(C)C4=C(CC[C@]23C)[C@@]2(C)CC[C@H](O)C(C)(C)[C@@H]2CC4)C1. The van der Waals surface area contributed by atoms with Crippen LogP contribution in [0.4, 0.5) is 0 Å². The number of carbonyl (C=O) groups is 1. The highest BCUT2D eigenvalue weighted by Gasteiger charge is 2.63. The van der Waals surface area contributed by atoms with Gasteiger partial charge in [0.25, 0.3) is 0 Å². The summed E-state index contributed by atoms with van der Waals surface area (Å²) in [6, 6.07) is 0. The van der Waals surface area contributed by atoms with Crippen LogP contribution in [0.5, 0.6) is 0 Å². The molecule has 5 aliphatic rings. The molecule has 0 aromatic carbocycles. The molecule has 0 bridgehead atoms. The first kappa shape index (κ1) is 24.6. The van der Waals surface area contributed by atoms with Crippen molar-refractivity contribution in [2.75, 3.05) is 0 Å². The Kier molecular flexibility index (Phi) is 5.57. The van der Waals surface area contributed by atoms with Gasteiger partial charge in [-0.05, 0) is 105 Å². The van der Waals surface area contributed by atoms with Gasteiger partial charge in [-0.15, -0.1) is 0 Å². The Bertz CT molecular complexity index is 956. The van der Waals surface area contributed by atoms with Gasteiger partial charge in [0.1, 0.15) is 6.10 Å². The molecule has 0 amide bonds. The quantitative estimate of drug-likeness (QED) is 0.339. The molecule has 1 N–H and O–H groups in total. The number of hydrogen-bond acceptors (Lipinski definition) is 3. The lowest BCUT2D eigenvalue weighted by molar-refractivity contribution is -0.151. The smallest absolute Gasteiger partial charge is 0.333 e. The molecule has 190 valence electrons. The number of ether oxygens (including phenoxy) is 1. The number of carbonyl (C=O) groups excluding carboxylic acids is 1. The summed E-state index contributed by atoms with van der Waals surface area (Å²) >= 11 is 0. The average molecular weight is 469 g/mol. The summed E-state index contributed by atoms with van der Waals surface area (Å²) in [4.78, 5) is 12.5. The first-order chi connectivity index (χ1) is 15.8. The number of fused-ring (bicyclic) bond motifs is 4. The van der Waals surface area contributed by atoms with Crippen LogP contribution in [0.3, 0.4) is 0 Å². The molecule has 1 heterocycles. The second-order valence-corrected chi connectivity index (χ2v) is 14.1. The van der Waals surface area contributed by atoms with Crippen molar-refractivity contribution >= 4 is 5.97 Å². The fourth-order valence-corrected chi connectivity index (χ4v) is 10.0. The molecular weight excluding hydrogens is 420 g/mol. The standard InChI is InChI=1S/C31H48O3/c1-18-17-24(34-27(33)19(18)2)20(3)21-11-15-31(8)23-9-10-25-28(4,5)26(32)13-14-29(25,6)22(23)12-16-30(21,31)7/h20-21,24-26,32H,9-17H2,1-8H3/t20-,21+,24?,25-,26-,29+,30+,31-/m0/s1. The Morgan fingerprint density at radius 1 is 0.941 bits per heavy atom. The summed E-state index contributed by atoms with van der Waals surface area (Å²) in [7, 11) is 0. The molecule has 8 atom stereocenters. The summed E-state index contributed by atoms with van der Waals surface area (Å²) < 4.78 is 5.99. The molecule has 2 fully saturated rings. The van der Waals surface area contributed by atoms with Crippen LogP contribution in [0.2, 0.25) is 0 Å². The number of esters is 1. The maximum atomic E-state index is 12.5. The lowest BCUT2D eigenvalue weighted by Gasteiger charge is -2.62. The molecular formula is C31H48O3. The van der Waals surface area contributed by atoms with E-state index in [1.165, 1.54) is 44.1 Å². The van der Waals surface area contributed by atoms with Crippen molar-refractivity contribution in [3.05, 3.63) is 22.3 Å². The molecule has 1 aliphatic heterocycles. The van der Waals surface area contributed by atoms with Crippen molar-refractivity contribution in [2.24, 2.45) is 39.4 Å². The molecule has 0 aromatic heterocycles. The van der Waals surface area contributed by atoms with Gasteiger partial charge >= 0.3 is 5.97 Å². The average Bonchev–Trinajstić information content (AvgIpc) is 3.05. The van der Waals surface area contributed by atoms with E-state index < -0.39 is 0 Å². The van der Waals surface area contributed by atoms with E-state index in [2.05, 4.69) is 48.5 Å². The fourth-order valence-electron chi connectivity index (χ4n) is 10.0. The third kappa shape index (κ3) is 3.07. The minimum Gasteiger partial charge on any atom is -0.458 e. The number of cyclic esters (lactones) is 1. The molecule has 34 heavy (non-hydrogen) atoms. The normalized spacial score (nSPS) is 47.0. The van der Waals surface area contributed by atoms with Gasteiger partial charge in [0, 0.05) is 12.0 Å². The van der Waals surface area contributed by atoms with Crippen molar-refractivity contribution in [2.45, 2.75) is 125 Å². The molecule has 0 radical (unpaired) electrons. The van der Waals surface area contributed by atoms with Crippen LogP contribution in [0.25, 0.3) is 0 Å². The van der Waals surface area contributed by atoms with Gasteiger partial charge in [0.05, 0.1) is 6.10 Å². The lowest BCUT2D eigenvalue weighted by Crippen LogP contribution is -2.55. The minimum atomic E-state index is -0.173. The molecule has 0 spiro atoms. The van der Waals surface area contributed by atoms with Crippen LogP contribution < -0.4 is 0 Å². The zero-order valence-electron chi connectivity index (χ0n) is 23.0. The molecule has 0 saturated heterocycles. The maximum absolute atomic E-state index is 12.5. The summed E-state index contributed by atoms with van der Waals surface area (Å²) in [5.41, 5.74) is 6.31. The van der Waals surface area contributed by atoms with Crippen LogP contribution in [-0.4, -0.2) is 23.3 Å². The summed E-state index contributed by atoms with van der Waals surface area (Å²) in [5.74, 6) is 1.45. The maximum Gasteiger partial charge on any atom is 0.333 e. The van der Waals surface area contributed by atoms with Gasteiger partial charge in [-0.2, -0.15) is 0 Å². The molecule has 4 aliphatic carbocycles. The third-order valence-electron chi connectivity index (χ3n) is 12.7. The topological polar surface area (TPSA) is 46.5 Å². The minimum absolute atomic E-state index is 0.00568. The zero-order chi connectivity index (χ0) is 24.8. The second kappa shape index (κ2) is 7.70. The Balaban J connectivity index is 1.48. The molecule has 2 saturated carbocycles. The summed E-state index contributed by atoms with van der Waals surface area (Å²) in [6.07, 6.45) is 10.2. The van der Waals surface area contributed by atoms with Crippen molar-refractivity contribution in [3.8, 4) is 0 Å². The van der Waals surface area contributed by atoms with E-state index in [0.29, 0.717) is 17.8 Å². The molecule has 5 rings (SSSR count). The molecule has 3 nitrogen and oxygen atoms in total. The van der Waals surface area contributed by atoms with Gasteiger partial charge < -0.3 is 9.84 Å². The third-order valence-corrected chi connectivity index (χ3v) is 12.7. The number of aliphatic hydroxyl groups excluding tert-OH is 1. The molecule has 0 aromatic rings. The Hall–Kier alpha value is -1.09. The Labute approximate surface area is 207 Å². The van der Waals surface area contributed by atoms with E-state index in [1.807, 2.05) is 6.92 Å². The highest BCUT2D eigenvalue weighted by molar-refractivity contribution is 5.89. The van der Waals surface area contributed by atoms with E-state index in [-0.39, 0.29) is 39.8 Å². The van der Waals surface area contributed by atoms with E-state index >= 15 is 0 Å². The van der Waals surface area contributed by atoms with Gasteiger partial charge in [0.2, 0.25) is 0 Å². The second-order valence-electron chi connectivity index (χ2n) is 14.1. The van der Waals surface area contributed by atoms with E-state index in [0.717, 1.165) is 24.8 Å². The summed E-state index contributed by atoms with van der Waals surface area (Å²) in [6.45, 7) is 18.7. The van der Waals surface area contributed by atoms with E-state index in [4.69, 9.17) is 4.74 Å². The van der Waals surface area contributed by atoms with Gasteiger partial charge in [0.15, 0.2) is 0 Å². The van der Waals surface area contributed by atoms with E-state index in [1.54, 1.807) is 11.1 Å². The first-order valence-corrected chi connectivity index (χ1v) is 14.1. The van der Waals surface area contributed by atoms with Gasteiger partial charge in [-0.25, -0.2) is 4.79 Å². The van der Waals surface area contributed by atoms with Crippen molar-refractivity contribution in [1.82, 2.24) is 0 Å². The first-order valence-electron chi connectivity index (χ1n) is 14.1. The van der Waals surface area contributed by atoms with Crippen LogP contribution in [0, 0.1) is 39.4 Å². The van der Waals surface area contributed by atoms with Crippen LogP contribution in [0.15, 0.2) is 22.3 Å². The highest BCUT2D eigenvalue weighted by Crippen LogP contribution is 2.72. The molecule has 1 unspecified atom stereocenters. The summed E-state index contributed by atoms with van der Waals surface area (Å²) in [5, 5.41) is 10.8. The van der Waals surface area contributed by atoms with Crippen LogP contribution in [0.1, 0.15) is 113 Å². The highest BCUT2D eigenvalue weighted by atomic mass is 16.5. The van der Waals surface area contributed by atoms with Gasteiger partial charge in [-0.1, -0.05) is 58.3 Å². The Morgan fingerprint density at radius 2 is 1.65 bits per heavy atom. The van der Waals surface area contributed by atoms with Crippen molar-refractivity contribution < 1.29 is 14.6 Å². The fraction of sp³-hybridized carbons (Fsp3) is 0.839. The number of allylic oxidation sites excluding steroid dienone is 2. The van der Waals surface area contributed by atoms with Crippen LogP contribution >= 0.6 is 0 Å². The van der Waals surface area contributed by atoms with Gasteiger partial charge in [-0.3, -0.25) is 0 Å². The Morgan fingerprint density at radius 3 is 2.32 bits per heavy atom. The lowest BCUT2D eigenvalue weighted by atomic mass is 9.43. The molecule has 3 heteroatoms. The largest absolute Gasteiger partial charge is 0.458 e. The van der Waals surface area contributed by atoms with Crippen molar-refractivity contribution in [1.29, 1.82) is 0 Å².